The predicted octanol–water partition coefficient (Wildman–Crippen LogP) is 1.04. The van der Waals surface area contributed by atoms with Crippen molar-refractivity contribution in [2.75, 3.05) is 36.9 Å². The molecule has 0 bridgehead atoms. The largest absolute Gasteiger partial charge is 0.480 e. The third kappa shape index (κ3) is 2.60. The molecule has 0 radical (unpaired) electrons. The summed E-state index contributed by atoms with van der Waals surface area (Å²) < 4.78 is 0. The fourth-order valence-corrected chi connectivity index (χ4v) is 4.42. The number of aromatic nitrogens is 2. The summed E-state index contributed by atoms with van der Waals surface area (Å²) in [6.45, 7) is 2.61. The molecule has 0 saturated carbocycles. The van der Waals surface area contributed by atoms with Crippen LogP contribution in [0, 0.1) is 5.41 Å². The lowest BCUT2D eigenvalue weighted by Gasteiger charge is -2.39. The van der Waals surface area contributed by atoms with Crippen molar-refractivity contribution in [1.82, 2.24) is 15.3 Å². The standard InChI is InChI=1S/C17H25N5O2/c1-18-14-11-3-2-4-12(11)20-16(21-14)22-7-5-17(6-8-22)9-13(15(23)24)19-10-17/h13,19H,2-10H2,1H3,(H,23,24)(H,18,20,21). The number of carboxylic acids is 1. The zero-order valence-corrected chi connectivity index (χ0v) is 14.1. The van der Waals surface area contributed by atoms with Crippen molar-refractivity contribution in [2.24, 2.45) is 5.41 Å². The summed E-state index contributed by atoms with van der Waals surface area (Å²) in [5.41, 5.74) is 2.60. The van der Waals surface area contributed by atoms with Gasteiger partial charge in [0, 0.05) is 32.2 Å². The Bertz CT molecular complexity index is 655. The zero-order valence-electron chi connectivity index (χ0n) is 14.1. The average Bonchev–Trinajstić information content (AvgIpc) is 3.22. The maximum absolute atomic E-state index is 11.2. The number of hydrogen-bond acceptors (Lipinski definition) is 6. The molecular weight excluding hydrogens is 306 g/mol. The Balaban J connectivity index is 1.48. The van der Waals surface area contributed by atoms with E-state index < -0.39 is 5.97 Å². The van der Waals surface area contributed by atoms with Gasteiger partial charge in [0.25, 0.3) is 0 Å². The van der Waals surface area contributed by atoms with Gasteiger partial charge in [0.2, 0.25) is 5.95 Å². The average molecular weight is 331 g/mol. The Morgan fingerprint density at radius 1 is 1.33 bits per heavy atom. The molecule has 3 aliphatic rings. The minimum Gasteiger partial charge on any atom is -0.480 e. The number of aryl methyl sites for hydroxylation is 1. The van der Waals surface area contributed by atoms with E-state index in [2.05, 4.69) is 15.5 Å². The first-order chi connectivity index (χ1) is 11.6. The molecular formula is C17H25N5O2. The third-order valence-corrected chi connectivity index (χ3v) is 5.92. The molecule has 3 N–H and O–H groups in total. The van der Waals surface area contributed by atoms with E-state index in [1.165, 1.54) is 11.3 Å². The van der Waals surface area contributed by atoms with Gasteiger partial charge in [-0.05, 0) is 43.9 Å². The van der Waals surface area contributed by atoms with Crippen molar-refractivity contribution < 1.29 is 9.90 Å². The van der Waals surface area contributed by atoms with Crippen LogP contribution < -0.4 is 15.5 Å². The highest BCUT2D eigenvalue weighted by atomic mass is 16.4. The lowest BCUT2D eigenvalue weighted by Crippen LogP contribution is -2.42. The van der Waals surface area contributed by atoms with E-state index in [4.69, 9.17) is 9.97 Å². The van der Waals surface area contributed by atoms with Crippen LogP contribution in [0.25, 0.3) is 0 Å². The van der Waals surface area contributed by atoms with E-state index in [9.17, 15) is 9.90 Å². The van der Waals surface area contributed by atoms with Gasteiger partial charge in [-0.15, -0.1) is 0 Å². The summed E-state index contributed by atoms with van der Waals surface area (Å²) in [5.74, 6) is 1.08. The first kappa shape index (κ1) is 15.6. The fraction of sp³-hybridized carbons (Fsp3) is 0.706. The van der Waals surface area contributed by atoms with Crippen LogP contribution in [-0.4, -0.2) is 53.8 Å². The number of aliphatic carboxylic acids is 1. The van der Waals surface area contributed by atoms with Gasteiger partial charge in [0.1, 0.15) is 11.9 Å². The molecule has 2 aliphatic heterocycles. The number of nitrogens with zero attached hydrogens (tertiary/aromatic N) is 3. The van der Waals surface area contributed by atoms with Crippen LogP contribution in [0.1, 0.15) is 36.9 Å². The summed E-state index contributed by atoms with van der Waals surface area (Å²) in [7, 11) is 1.92. The highest BCUT2D eigenvalue weighted by Crippen LogP contribution is 2.40. The van der Waals surface area contributed by atoms with Crippen molar-refractivity contribution in [2.45, 2.75) is 44.6 Å². The van der Waals surface area contributed by atoms with E-state index in [1.807, 2.05) is 7.05 Å². The second-order valence-electron chi connectivity index (χ2n) is 7.36. The summed E-state index contributed by atoms with van der Waals surface area (Å²) in [6, 6.07) is -0.385. The molecule has 1 atom stereocenters. The van der Waals surface area contributed by atoms with Crippen LogP contribution in [0.3, 0.4) is 0 Å². The molecule has 1 aromatic heterocycles. The molecule has 0 aromatic carbocycles. The van der Waals surface area contributed by atoms with Gasteiger partial charge >= 0.3 is 5.97 Å². The number of hydrogen-bond donors (Lipinski definition) is 3. The van der Waals surface area contributed by atoms with Crippen molar-refractivity contribution in [1.29, 1.82) is 0 Å². The van der Waals surface area contributed by atoms with Gasteiger partial charge < -0.3 is 20.6 Å². The van der Waals surface area contributed by atoms with Gasteiger partial charge in [-0.3, -0.25) is 4.79 Å². The predicted molar refractivity (Wildman–Crippen MR) is 91.5 cm³/mol. The van der Waals surface area contributed by atoms with Gasteiger partial charge in [0.15, 0.2) is 0 Å². The van der Waals surface area contributed by atoms with Crippen molar-refractivity contribution in [3.05, 3.63) is 11.3 Å². The molecule has 0 amide bonds. The minimum absolute atomic E-state index is 0.127. The third-order valence-electron chi connectivity index (χ3n) is 5.92. The molecule has 2 saturated heterocycles. The number of piperidine rings is 1. The van der Waals surface area contributed by atoms with Crippen molar-refractivity contribution in [3.63, 3.8) is 0 Å². The van der Waals surface area contributed by atoms with E-state index in [0.29, 0.717) is 0 Å². The molecule has 2 fully saturated rings. The van der Waals surface area contributed by atoms with Gasteiger partial charge in [-0.2, -0.15) is 4.98 Å². The number of rotatable bonds is 3. The quantitative estimate of drug-likeness (QED) is 0.762. The maximum Gasteiger partial charge on any atom is 0.320 e. The van der Waals surface area contributed by atoms with Crippen LogP contribution in [0.5, 0.6) is 0 Å². The number of anilines is 2. The smallest absolute Gasteiger partial charge is 0.320 e. The summed E-state index contributed by atoms with van der Waals surface area (Å²) >= 11 is 0. The molecule has 3 heterocycles. The Labute approximate surface area is 141 Å². The molecule has 1 aromatic rings. The second kappa shape index (κ2) is 5.88. The highest BCUT2D eigenvalue weighted by molar-refractivity contribution is 5.74. The molecule has 7 nitrogen and oxygen atoms in total. The summed E-state index contributed by atoms with van der Waals surface area (Å²) in [5, 5.41) is 15.6. The van der Waals surface area contributed by atoms with Crippen molar-refractivity contribution in [3.8, 4) is 0 Å². The van der Waals surface area contributed by atoms with E-state index in [-0.39, 0.29) is 11.5 Å². The molecule has 130 valence electrons. The van der Waals surface area contributed by atoms with E-state index >= 15 is 0 Å². The first-order valence-electron chi connectivity index (χ1n) is 8.89. The van der Waals surface area contributed by atoms with E-state index in [1.54, 1.807) is 0 Å². The molecule has 4 rings (SSSR count). The molecule has 1 spiro atoms. The Morgan fingerprint density at radius 2 is 2.12 bits per heavy atom. The molecule has 1 unspecified atom stereocenters. The normalized spacial score (nSPS) is 25.0. The number of carboxylic acid groups (broad SMARTS) is 1. The monoisotopic (exact) mass is 331 g/mol. The Kier molecular flexibility index (Phi) is 3.83. The van der Waals surface area contributed by atoms with Gasteiger partial charge in [-0.1, -0.05) is 0 Å². The molecule has 1 aliphatic carbocycles. The topological polar surface area (TPSA) is 90.4 Å². The van der Waals surface area contributed by atoms with Crippen LogP contribution in [0.4, 0.5) is 11.8 Å². The lowest BCUT2D eigenvalue weighted by molar-refractivity contribution is -0.139. The lowest BCUT2D eigenvalue weighted by atomic mass is 9.76. The van der Waals surface area contributed by atoms with Gasteiger partial charge in [-0.25, -0.2) is 4.98 Å². The van der Waals surface area contributed by atoms with Crippen molar-refractivity contribution >= 4 is 17.7 Å². The summed E-state index contributed by atoms with van der Waals surface area (Å²) in [4.78, 5) is 23.0. The maximum atomic E-state index is 11.2. The van der Waals surface area contributed by atoms with Crippen LogP contribution >= 0.6 is 0 Å². The summed E-state index contributed by atoms with van der Waals surface area (Å²) in [6.07, 6.45) is 6.01. The number of carbonyl (C=O) groups is 1. The molecule has 7 heteroatoms. The fourth-order valence-electron chi connectivity index (χ4n) is 4.42. The zero-order chi connectivity index (χ0) is 16.7. The first-order valence-corrected chi connectivity index (χ1v) is 8.89. The Morgan fingerprint density at radius 3 is 2.79 bits per heavy atom. The second-order valence-corrected chi connectivity index (χ2v) is 7.36. The van der Waals surface area contributed by atoms with Crippen LogP contribution in [-0.2, 0) is 17.6 Å². The SMILES string of the molecule is CNc1nc(N2CCC3(CC2)CNC(C(=O)O)C3)nc2c1CCC2. The Hall–Kier alpha value is -1.89. The van der Waals surface area contributed by atoms with Crippen LogP contribution in [0.15, 0.2) is 0 Å². The number of fused-ring (bicyclic) bond motifs is 1. The highest BCUT2D eigenvalue weighted by Gasteiger charge is 2.44. The van der Waals surface area contributed by atoms with Crippen LogP contribution in [0.2, 0.25) is 0 Å². The molecule has 24 heavy (non-hydrogen) atoms. The van der Waals surface area contributed by atoms with Gasteiger partial charge in [0.05, 0.1) is 5.69 Å². The minimum atomic E-state index is -0.727. The number of nitrogens with one attached hydrogen (secondary N) is 2. The van der Waals surface area contributed by atoms with E-state index in [0.717, 1.165) is 69.9 Å².